The molecule has 6 aromatic carbocycles. The van der Waals surface area contributed by atoms with Gasteiger partial charge >= 0.3 is 24.2 Å². The lowest BCUT2D eigenvalue weighted by molar-refractivity contribution is -0.191. The van der Waals surface area contributed by atoms with E-state index in [0.717, 1.165) is 33.4 Å². The fraction of sp³-hybridized carbons (Fsp3) is 0.226. The SMILES string of the molecule is CCOC(=O)C12N3Cc4c(C#Cc5ccc(OC)cc5)ccc(C#Cc5ccc(OC)cc5)c4CN1C(=O)N1Cc4c(C#Cc5ccc(OC)cc5)ccc(C#Cc5ccc(OC)cc5)c4CN(C3=O)C12CC.O=C=O. The first-order valence-electron chi connectivity index (χ1n) is 24.3. The monoisotopic (exact) mass is 1010 g/mol. The third-order valence-corrected chi connectivity index (χ3v) is 14.1. The van der Waals surface area contributed by atoms with Crippen molar-refractivity contribution in [2.45, 2.75) is 57.8 Å². The molecule has 0 aromatic heterocycles. The maximum absolute atomic E-state index is 16.0. The average Bonchev–Trinajstić information content (AvgIpc) is 3.88. The van der Waals surface area contributed by atoms with E-state index in [2.05, 4.69) is 47.4 Å². The van der Waals surface area contributed by atoms with Crippen LogP contribution in [0.2, 0.25) is 0 Å². The Kier molecular flexibility index (Phi) is 14.6. The average molecular weight is 1010 g/mol. The minimum Gasteiger partial charge on any atom is -0.497 e. The Morgan fingerprint density at radius 2 is 0.697 bits per heavy atom. The van der Waals surface area contributed by atoms with E-state index in [-0.39, 0.29) is 45.4 Å². The fourth-order valence-electron chi connectivity index (χ4n) is 10.5. The van der Waals surface area contributed by atoms with E-state index in [4.69, 9.17) is 33.3 Å². The molecule has 14 heteroatoms. The summed E-state index contributed by atoms with van der Waals surface area (Å²) in [7, 11) is 6.44. The number of ether oxygens (including phenoxy) is 5. The Hall–Kier alpha value is -9.85. The number of methoxy groups -OCH3 is 4. The van der Waals surface area contributed by atoms with Crippen LogP contribution in [-0.2, 0) is 45.3 Å². The van der Waals surface area contributed by atoms with Gasteiger partial charge in [0.2, 0.25) is 0 Å². The standard InChI is InChI=1S/C61H50N4O8.CO2/c1-7-60-61(57(66)73-8-2)64-39-55-47(23-11-43-17-33-51(71-5)34-18-43)27-28-48(24-12-44-19-35-52(72-6)36-20-44)56(55)40-65(61)59(68)63(60)38-54-46(22-10-42-15-31-50(70-4)32-16-42)26-25-45(53(54)37-62(60)58(64)67)21-9-41-13-29-49(69-3)30-14-41;2-1-3/h13-20,25-36H,7-8,37-40H2,1-6H3;. The minimum absolute atomic E-state index is 0.00494. The van der Waals surface area contributed by atoms with Crippen LogP contribution < -0.4 is 18.9 Å². The first-order chi connectivity index (χ1) is 37.0. The Bertz CT molecular complexity index is 3340. The smallest absolute Gasteiger partial charge is 0.373 e. The second-order valence-corrected chi connectivity index (χ2v) is 17.7. The van der Waals surface area contributed by atoms with E-state index in [0.29, 0.717) is 56.4 Å². The van der Waals surface area contributed by atoms with Crippen LogP contribution in [0.4, 0.5) is 9.59 Å². The molecular formula is C62H50N4O10. The van der Waals surface area contributed by atoms with Crippen LogP contribution in [-0.4, -0.2) is 90.2 Å². The molecule has 0 unspecified atom stereocenters. The van der Waals surface area contributed by atoms with Crippen LogP contribution in [0.15, 0.2) is 121 Å². The molecule has 0 atom stereocenters. The van der Waals surface area contributed by atoms with Crippen molar-refractivity contribution in [1.82, 2.24) is 19.6 Å². The molecule has 4 heterocycles. The van der Waals surface area contributed by atoms with E-state index < -0.39 is 29.4 Å². The van der Waals surface area contributed by atoms with E-state index in [9.17, 15) is 0 Å². The van der Waals surface area contributed by atoms with E-state index >= 15 is 14.4 Å². The summed E-state index contributed by atoms with van der Waals surface area (Å²) in [5, 5.41) is 0. The van der Waals surface area contributed by atoms with Crippen molar-refractivity contribution in [2.24, 2.45) is 0 Å². The number of esters is 1. The zero-order valence-electron chi connectivity index (χ0n) is 42.7. The lowest BCUT2D eigenvalue weighted by atomic mass is 9.88. The zero-order chi connectivity index (χ0) is 53.6. The number of urea groups is 2. The van der Waals surface area contributed by atoms with Crippen molar-refractivity contribution < 1.29 is 47.7 Å². The van der Waals surface area contributed by atoms with E-state index in [1.807, 2.05) is 128 Å². The molecule has 0 spiro atoms. The van der Waals surface area contributed by atoms with Crippen LogP contribution >= 0.6 is 0 Å². The highest BCUT2D eigenvalue weighted by atomic mass is 16.5. The first kappa shape index (κ1) is 51.1. The van der Waals surface area contributed by atoms with Gasteiger partial charge in [0.05, 0.1) is 61.2 Å². The fourth-order valence-corrected chi connectivity index (χ4v) is 10.5. The molecule has 0 N–H and O–H groups in total. The van der Waals surface area contributed by atoms with Crippen molar-refractivity contribution in [3.8, 4) is 70.4 Å². The third-order valence-electron chi connectivity index (χ3n) is 14.1. The predicted molar refractivity (Wildman–Crippen MR) is 279 cm³/mol. The van der Waals surface area contributed by atoms with E-state index in [1.54, 1.807) is 55.0 Å². The molecule has 378 valence electrons. The molecule has 4 aliphatic rings. The maximum Gasteiger partial charge on any atom is 0.373 e. The summed E-state index contributed by atoms with van der Waals surface area (Å²) in [6, 6.07) is 36.5. The van der Waals surface area contributed by atoms with Crippen molar-refractivity contribution in [3.05, 3.63) is 188 Å². The number of carbonyl (C=O) groups excluding carboxylic acids is 5. The molecule has 10 rings (SSSR count). The number of benzene rings is 6. The van der Waals surface area contributed by atoms with Gasteiger partial charge in [0.15, 0.2) is 5.66 Å². The lowest BCUT2D eigenvalue weighted by Gasteiger charge is -2.46. The summed E-state index contributed by atoms with van der Waals surface area (Å²) in [6.45, 7) is 3.48. The Balaban J connectivity index is 0.00000230. The number of hydrogen-bond acceptors (Lipinski definition) is 10. The highest BCUT2D eigenvalue weighted by molar-refractivity contribution is 6.01. The highest BCUT2D eigenvalue weighted by Gasteiger charge is 2.83. The summed E-state index contributed by atoms with van der Waals surface area (Å²) in [5.74, 6) is 28.9. The summed E-state index contributed by atoms with van der Waals surface area (Å²) < 4.78 is 27.6. The van der Waals surface area contributed by atoms with Gasteiger partial charge in [0.1, 0.15) is 23.0 Å². The Labute approximate surface area is 441 Å². The number of hydrogen-bond donors (Lipinski definition) is 0. The van der Waals surface area contributed by atoms with Crippen molar-refractivity contribution >= 4 is 24.2 Å². The van der Waals surface area contributed by atoms with Crippen LogP contribution in [0.1, 0.15) is 87.0 Å². The van der Waals surface area contributed by atoms with Crippen molar-refractivity contribution in [2.75, 3.05) is 35.0 Å². The molecular weight excluding hydrogens is 961 g/mol. The molecule has 0 saturated carbocycles. The van der Waals surface area contributed by atoms with Gasteiger partial charge in [-0.2, -0.15) is 9.59 Å². The molecule has 2 saturated heterocycles. The molecule has 6 aromatic rings. The second-order valence-electron chi connectivity index (χ2n) is 17.7. The van der Waals surface area contributed by atoms with Crippen molar-refractivity contribution in [1.29, 1.82) is 0 Å². The second kappa shape index (κ2) is 21.7. The van der Waals surface area contributed by atoms with Crippen molar-refractivity contribution in [3.63, 3.8) is 0 Å². The van der Waals surface area contributed by atoms with Gasteiger partial charge in [-0.25, -0.2) is 14.4 Å². The summed E-state index contributed by atoms with van der Waals surface area (Å²) >= 11 is 0. The van der Waals surface area contributed by atoms with Crippen LogP contribution in [0.25, 0.3) is 0 Å². The Morgan fingerprint density at radius 1 is 0.434 bits per heavy atom. The Morgan fingerprint density at radius 3 is 0.934 bits per heavy atom. The number of nitrogens with zero attached hydrogens (tertiary/aromatic N) is 4. The van der Waals surface area contributed by atoms with Crippen LogP contribution in [0.3, 0.4) is 0 Å². The summed E-state index contributed by atoms with van der Waals surface area (Å²) in [6.07, 6.45) is 0.425. The molecule has 14 nitrogen and oxygen atoms in total. The summed E-state index contributed by atoms with van der Waals surface area (Å²) in [5.41, 5.74) is 4.78. The molecule has 4 aliphatic heterocycles. The predicted octanol–water partition coefficient (Wildman–Crippen LogP) is 8.31. The van der Waals surface area contributed by atoms with Gasteiger partial charge in [0.25, 0.3) is 5.66 Å². The normalized spacial score (nSPS) is 17.0. The number of fused-ring (bicyclic) bond motifs is 2. The minimum atomic E-state index is -1.96. The molecule has 4 amide bonds. The van der Waals surface area contributed by atoms with Gasteiger partial charge in [-0.05, 0) is 157 Å². The van der Waals surface area contributed by atoms with Crippen LogP contribution in [0, 0.1) is 47.4 Å². The number of rotatable bonds is 7. The molecule has 76 heavy (non-hydrogen) atoms. The first-order valence-corrected chi connectivity index (χ1v) is 24.3. The topological polar surface area (TPSA) is 144 Å². The van der Waals surface area contributed by atoms with Gasteiger partial charge in [-0.15, -0.1) is 0 Å². The molecule has 0 aliphatic carbocycles. The largest absolute Gasteiger partial charge is 0.497 e. The molecule has 0 bridgehead atoms. The quantitative estimate of drug-likeness (QED) is 0.113. The third kappa shape index (κ3) is 8.94. The highest BCUT2D eigenvalue weighted by Crippen LogP contribution is 2.58. The van der Waals surface area contributed by atoms with Gasteiger partial charge in [-0.3, -0.25) is 19.6 Å². The van der Waals surface area contributed by atoms with Crippen LogP contribution in [0.5, 0.6) is 23.0 Å². The summed E-state index contributed by atoms with van der Waals surface area (Å²) in [4.78, 5) is 70.1. The number of carbonyl (C=O) groups is 3. The molecule has 2 fully saturated rings. The zero-order valence-corrected chi connectivity index (χ0v) is 42.7. The van der Waals surface area contributed by atoms with Gasteiger partial charge in [0, 0.05) is 44.5 Å². The lowest BCUT2D eigenvalue weighted by Crippen LogP contribution is -2.71. The number of amides is 4. The van der Waals surface area contributed by atoms with Gasteiger partial charge < -0.3 is 23.7 Å². The van der Waals surface area contributed by atoms with E-state index in [1.165, 1.54) is 0 Å². The van der Waals surface area contributed by atoms with Gasteiger partial charge in [-0.1, -0.05) is 54.3 Å². The molecule has 0 radical (unpaired) electrons. The maximum atomic E-state index is 16.0.